The Labute approximate surface area is 124 Å². The van der Waals surface area contributed by atoms with Crippen molar-refractivity contribution in [3.05, 3.63) is 29.8 Å². The fourth-order valence-electron chi connectivity index (χ4n) is 2.54. The van der Waals surface area contributed by atoms with E-state index in [1.54, 1.807) is 24.3 Å². The van der Waals surface area contributed by atoms with E-state index in [9.17, 15) is 18.0 Å². The van der Waals surface area contributed by atoms with Crippen molar-refractivity contribution in [3.8, 4) is 0 Å². The molecule has 1 aromatic rings. The average molecular weight is 309 g/mol. The quantitative estimate of drug-likeness (QED) is 0.863. The number of carbonyl (C=O) groups excluding carboxylic acids is 2. The average Bonchev–Trinajstić information content (AvgIpc) is 2.37. The Morgan fingerprint density at radius 2 is 1.90 bits per heavy atom. The van der Waals surface area contributed by atoms with Crippen LogP contribution in [0.2, 0.25) is 0 Å². The highest BCUT2D eigenvalue weighted by atomic mass is 32.2. The van der Waals surface area contributed by atoms with Crippen molar-refractivity contribution < 1.29 is 18.0 Å². The van der Waals surface area contributed by atoms with Crippen molar-refractivity contribution in [2.45, 2.75) is 26.2 Å². The van der Waals surface area contributed by atoms with Gasteiger partial charge in [-0.1, -0.05) is 0 Å². The normalized spacial score (nSPS) is 20.7. The molecular weight excluding hydrogens is 290 g/mol. The van der Waals surface area contributed by atoms with Crippen molar-refractivity contribution in [2.75, 3.05) is 16.8 Å². The summed E-state index contributed by atoms with van der Waals surface area (Å²) in [6, 6.07) is 6.66. The van der Waals surface area contributed by atoms with E-state index in [2.05, 4.69) is 5.32 Å². The van der Waals surface area contributed by atoms with E-state index in [4.69, 9.17) is 0 Å². The number of nitrogens with one attached hydrogen (secondary N) is 1. The number of sulfone groups is 1. The lowest BCUT2D eigenvalue weighted by Crippen LogP contribution is -2.28. The summed E-state index contributed by atoms with van der Waals surface area (Å²) in [5.74, 6) is 0.0228. The highest BCUT2D eigenvalue weighted by molar-refractivity contribution is 7.91. The molecular formula is C15H19NO4S. The minimum absolute atomic E-state index is 0.0275. The third kappa shape index (κ3) is 4.67. The monoisotopic (exact) mass is 309 g/mol. The first-order valence-corrected chi connectivity index (χ1v) is 8.79. The molecule has 1 amide bonds. The smallest absolute Gasteiger partial charge is 0.224 e. The molecule has 21 heavy (non-hydrogen) atoms. The number of hydrogen-bond acceptors (Lipinski definition) is 4. The van der Waals surface area contributed by atoms with Crippen LogP contribution in [-0.4, -0.2) is 31.6 Å². The maximum atomic E-state index is 11.9. The highest BCUT2D eigenvalue weighted by Crippen LogP contribution is 2.22. The summed E-state index contributed by atoms with van der Waals surface area (Å²) in [5, 5.41) is 2.74. The van der Waals surface area contributed by atoms with Crippen LogP contribution < -0.4 is 5.32 Å². The number of rotatable bonds is 4. The van der Waals surface area contributed by atoms with E-state index in [0.717, 1.165) is 6.42 Å². The predicted molar refractivity (Wildman–Crippen MR) is 81.1 cm³/mol. The zero-order chi connectivity index (χ0) is 15.5. The molecule has 1 saturated heterocycles. The predicted octanol–water partition coefficient (Wildman–Crippen LogP) is 2.04. The molecule has 0 radical (unpaired) electrons. The Bertz CT molecular complexity index is 634. The van der Waals surface area contributed by atoms with Crippen molar-refractivity contribution >= 4 is 27.2 Å². The SMILES string of the molecule is CC(=O)c1ccc(NC(=O)CC2CCCS(=O)(=O)C2)cc1. The van der Waals surface area contributed by atoms with E-state index in [1.807, 2.05) is 0 Å². The first-order chi connectivity index (χ1) is 9.85. The van der Waals surface area contributed by atoms with Gasteiger partial charge in [-0.15, -0.1) is 0 Å². The van der Waals surface area contributed by atoms with Gasteiger partial charge in [-0.3, -0.25) is 9.59 Å². The van der Waals surface area contributed by atoms with Gasteiger partial charge in [-0.25, -0.2) is 8.42 Å². The van der Waals surface area contributed by atoms with E-state index in [1.165, 1.54) is 6.92 Å². The lowest BCUT2D eigenvalue weighted by Gasteiger charge is -2.21. The van der Waals surface area contributed by atoms with Crippen LogP contribution in [-0.2, 0) is 14.6 Å². The lowest BCUT2D eigenvalue weighted by molar-refractivity contribution is -0.117. The highest BCUT2D eigenvalue weighted by Gasteiger charge is 2.26. The Morgan fingerprint density at radius 1 is 1.24 bits per heavy atom. The second-order valence-corrected chi connectivity index (χ2v) is 7.74. The van der Waals surface area contributed by atoms with Crippen molar-refractivity contribution in [1.82, 2.24) is 0 Å². The third-order valence-electron chi connectivity index (χ3n) is 3.61. The van der Waals surface area contributed by atoms with Crippen molar-refractivity contribution in [1.29, 1.82) is 0 Å². The van der Waals surface area contributed by atoms with Gasteiger partial charge in [0.05, 0.1) is 11.5 Å². The number of amides is 1. The Kier molecular flexibility index (Phi) is 4.77. The first kappa shape index (κ1) is 15.7. The van der Waals surface area contributed by atoms with Gasteiger partial charge in [0.1, 0.15) is 0 Å². The van der Waals surface area contributed by atoms with Crippen molar-refractivity contribution in [2.24, 2.45) is 5.92 Å². The van der Waals surface area contributed by atoms with Crippen LogP contribution >= 0.6 is 0 Å². The zero-order valence-electron chi connectivity index (χ0n) is 12.0. The molecule has 0 aromatic heterocycles. The largest absolute Gasteiger partial charge is 0.326 e. The molecule has 1 aliphatic rings. The standard InChI is InChI=1S/C15H19NO4S/c1-11(17)13-4-6-14(7-5-13)16-15(18)9-12-3-2-8-21(19,20)10-12/h4-7,12H,2-3,8-10H2,1H3,(H,16,18). The summed E-state index contributed by atoms with van der Waals surface area (Å²) in [6.45, 7) is 1.48. The summed E-state index contributed by atoms with van der Waals surface area (Å²) in [4.78, 5) is 23.1. The first-order valence-electron chi connectivity index (χ1n) is 6.97. The topological polar surface area (TPSA) is 80.3 Å². The van der Waals surface area contributed by atoms with E-state index < -0.39 is 9.84 Å². The summed E-state index contributed by atoms with van der Waals surface area (Å²) in [5.41, 5.74) is 1.20. The fourth-order valence-corrected chi connectivity index (χ4v) is 4.32. The molecule has 1 N–H and O–H groups in total. The molecule has 2 rings (SSSR count). The van der Waals surface area contributed by atoms with Crippen LogP contribution in [0, 0.1) is 5.92 Å². The van der Waals surface area contributed by atoms with Crippen LogP contribution in [0.5, 0.6) is 0 Å². The summed E-state index contributed by atoms with van der Waals surface area (Å²) in [6.07, 6.45) is 1.62. The van der Waals surface area contributed by atoms with Crippen LogP contribution in [0.1, 0.15) is 36.5 Å². The van der Waals surface area contributed by atoms with Crippen LogP contribution in [0.15, 0.2) is 24.3 Å². The summed E-state index contributed by atoms with van der Waals surface area (Å²) in [7, 11) is -2.98. The number of hydrogen-bond donors (Lipinski definition) is 1. The van der Waals surface area contributed by atoms with Gasteiger partial charge in [0, 0.05) is 17.7 Å². The minimum atomic E-state index is -2.98. The van der Waals surface area contributed by atoms with Gasteiger partial charge in [0.15, 0.2) is 15.6 Å². The maximum Gasteiger partial charge on any atom is 0.224 e. The molecule has 1 aromatic carbocycles. The van der Waals surface area contributed by atoms with E-state index in [0.29, 0.717) is 17.7 Å². The summed E-state index contributed by atoms with van der Waals surface area (Å²) >= 11 is 0. The van der Waals surface area contributed by atoms with Gasteiger partial charge >= 0.3 is 0 Å². The minimum Gasteiger partial charge on any atom is -0.326 e. The molecule has 0 bridgehead atoms. The third-order valence-corrected chi connectivity index (χ3v) is 5.50. The molecule has 0 saturated carbocycles. The van der Waals surface area contributed by atoms with Gasteiger partial charge < -0.3 is 5.32 Å². The second-order valence-electron chi connectivity index (χ2n) is 5.51. The van der Waals surface area contributed by atoms with Gasteiger partial charge in [-0.05, 0) is 49.9 Å². The number of Topliss-reactive ketones (excluding diaryl/α,β-unsaturated/α-hetero) is 1. The number of benzene rings is 1. The fraction of sp³-hybridized carbons (Fsp3) is 0.467. The Morgan fingerprint density at radius 3 is 2.48 bits per heavy atom. The van der Waals surface area contributed by atoms with Gasteiger partial charge in [-0.2, -0.15) is 0 Å². The number of ketones is 1. The van der Waals surface area contributed by atoms with Crippen LogP contribution in [0.4, 0.5) is 5.69 Å². The molecule has 1 atom stereocenters. The molecule has 0 aliphatic carbocycles. The maximum absolute atomic E-state index is 11.9. The second kappa shape index (κ2) is 6.39. The van der Waals surface area contributed by atoms with Gasteiger partial charge in [0.25, 0.3) is 0 Å². The molecule has 1 aliphatic heterocycles. The number of anilines is 1. The molecule has 1 unspecified atom stereocenters. The zero-order valence-corrected chi connectivity index (χ0v) is 12.8. The Balaban J connectivity index is 1.91. The van der Waals surface area contributed by atoms with Crippen LogP contribution in [0.3, 0.4) is 0 Å². The van der Waals surface area contributed by atoms with Crippen molar-refractivity contribution in [3.63, 3.8) is 0 Å². The molecule has 1 fully saturated rings. The molecule has 6 heteroatoms. The lowest BCUT2D eigenvalue weighted by atomic mass is 10.0. The number of carbonyl (C=O) groups is 2. The summed E-state index contributed by atoms with van der Waals surface area (Å²) < 4.78 is 23.1. The van der Waals surface area contributed by atoms with E-state index in [-0.39, 0.29) is 35.5 Å². The van der Waals surface area contributed by atoms with E-state index >= 15 is 0 Å². The molecule has 5 nitrogen and oxygen atoms in total. The molecule has 114 valence electrons. The molecule has 0 spiro atoms. The van der Waals surface area contributed by atoms with Gasteiger partial charge in [0.2, 0.25) is 5.91 Å². The Hall–Kier alpha value is -1.69. The molecule has 1 heterocycles. The van der Waals surface area contributed by atoms with Crippen LogP contribution in [0.25, 0.3) is 0 Å².